The van der Waals surface area contributed by atoms with Gasteiger partial charge in [-0.2, -0.15) is 0 Å². The predicted molar refractivity (Wildman–Crippen MR) is 102 cm³/mol. The Morgan fingerprint density at radius 1 is 1.04 bits per heavy atom. The summed E-state index contributed by atoms with van der Waals surface area (Å²) in [6, 6.07) is 15.6. The zero-order valence-corrected chi connectivity index (χ0v) is 15.9. The Morgan fingerprint density at radius 3 is 2.24 bits per heavy atom. The van der Waals surface area contributed by atoms with E-state index in [0.29, 0.717) is 18.0 Å². The number of ketones is 1. The standard InChI is InChI=1S/C19H22ClNO3S/c1-19(2,25(23,24)17-12-10-15(20)11-13-17)18(22)9-6-14-21-16-7-4-3-5-8-16/h3-5,7-8,10-13,21H,6,9,14H2,1-2H3. The lowest BCUT2D eigenvalue weighted by Crippen LogP contribution is -2.40. The number of Topliss-reactive ketones (excluding diaryl/α,β-unsaturated/α-hetero) is 1. The van der Waals surface area contributed by atoms with Crippen LogP contribution in [0.3, 0.4) is 0 Å². The number of rotatable bonds is 8. The van der Waals surface area contributed by atoms with Crippen LogP contribution in [0.25, 0.3) is 0 Å². The number of hydrogen-bond donors (Lipinski definition) is 1. The molecule has 1 N–H and O–H groups in total. The molecule has 0 spiro atoms. The summed E-state index contributed by atoms with van der Waals surface area (Å²) in [4.78, 5) is 12.6. The molecule has 2 aromatic rings. The minimum atomic E-state index is -3.77. The molecule has 134 valence electrons. The van der Waals surface area contributed by atoms with E-state index in [0.717, 1.165) is 5.69 Å². The highest BCUT2D eigenvalue weighted by Crippen LogP contribution is 2.28. The number of carbonyl (C=O) groups is 1. The molecule has 0 saturated carbocycles. The van der Waals surface area contributed by atoms with Gasteiger partial charge in [0, 0.05) is 23.7 Å². The Labute approximate surface area is 154 Å². The number of hydrogen-bond acceptors (Lipinski definition) is 4. The van der Waals surface area contributed by atoms with Crippen LogP contribution in [0.15, 0.2) is 59.5 Å². The van der Waals surface area contributed by atoms with Gasteiger partial charge in [0.1, 0.15) is 4.75 Å². The Morgan fingerprint density at radius 2 is 1.64 bits per heavy atom. The summed E-state index contributed by atoms with van der Waals surface area (Å²) in [7, 11) is -3.77. The molecule has 0 aliphatic rings. The van der Waals surface area contributed by atoms with Gasteiger partial charge in [0.25, 0.3) is 0 Å². The lowest BCUT2D eigenvalue weighted by atomic mass is 10.0. The molecule has 4 nitrogen and oxygen atoms in total. The first-order valence-corrected chi connectivity index (χ1v) is 9.93. The number of sulfone groups is 1. The summed E-state index contributed by atoms with van der Waals surface area (Å²) in [5, 5.41) is 3.67. The number of para-hydroxylation sites is 1. The Hall–Kier alpha value is -1.85. The fourth-order valence-electron chi connectivity index (χ4n) is 2.40. The van der Waals surface area contributed by atoms with Gasteiger partial charge in [0.15, 0.2) is 15.6 Å². The monoisotopic (exact) mass is 379 g/mol. The summed E-state index contributed by atoms with van der Waals surface area (Å²) >= 11 is 5.80. The van der Waals surface area contributed by atoms with Gasteiger partial charge in [-0.1, -0.05) is 29.8 Å². The molecule has 2 rings (SSSR count). The molecule has 6 heteroatoms. The quantitative estimate of drug-likeness (QED) is 0.692. The second kappa shape index (κ2) is 8.02. The molecule has 0 aliphatic heterocycles. The maximum atomic E-state index is 12.8. The molecule has 0 unspecified atom stereocenters. The summed E-state index contributed by atoms with van der Waals surface area (Å²) in [5.74, 6) is -0.294. The van der Waals surface area contributed by atoms with Crippen LogP contribution >= 0.6 is 11.6 Å². The van der Waals surface area contributed by atoms with Gasteiger partial charge in [-0.15, -0.1) is 0 Å². The summed E-state index contributed by atoms with van der Waals surface area (Å²) in [6.45, 7) is 3.53. The van der Waals surface area contributed by atoms with Crippen molar-refractivity contribution in [2.45, 2.75) is 36.3 Å². The molecule has 0 bridgehead atoms. The first kappa shape index (κ1) is 19.5. The second-order valence-electron chi connectivity index (χ2n) is 6.29. The van der Waals surface area contributed by atoms with Crippen molar-refractivity contribution in [3.63, 3.8) is 0 Å². The second-order valence-corrected chi connectivity index (χ2v) is 9.22. The molecule has 2 aromatic carbocycles. The molecular formula is C19H22ClNO3S. The molecule has 0 aromatic heterocycles. The summed E-state index contributed by atoms with van der Waals surface area (Å²) < 4.78 is 24.1. The fourth-order valence-corrected chi connectivity index (χ4v) is 4.01. The van der Waals surface area contributed by atoms with E-state index < -0.39 is 14.6 Å². The largest absolute Gasteiger partial charge is 0.385 e. The number of benzene rings is 2. The number of nitrogens with one attached hydrogen (secondary N) is 1. The van der Waals surface area contributed by atoms with E-state index in [4.69, 9.17) is 11.6 Å². The van der Waals surface area contributed by atoms with Crippen LogP contribution in [0.1, 0.15) is 26.7 Å². The van der Waals surface area contributed by atoms with E-state index in [2.05, 4.69) is 5.32 Å². The SMILES string of the molecule is CC(C)(C(=O)CCCNc1ccccc1)S(=O)(=O)c1ccc(Cl)cc1. The van der Waals surface area contributed by atoms with Crippen LogP contribution in [0.2, 0.25) is 5.02 Å². The predicted octanol–water partition coefficient (Wildman–Crippen LogP) is 4.35. The van der Waals surface area contributed by atoms with E-state index in [-0.39, 0.29) is 17.1 Å². The summed E-state index contributed by atoms with van der Waals surface area (Å²) in [5.41, 5.74) is 0.975. The van der Waals surface area contributed by atoms with Gasteiger partial charge in [-0.05, 0) is 56.7 Å². The molecule has 0 radical (unpaired) electrons. The molecule has 0 fully saturated rings. The third-order valence-corrected chi connectivity index (χ3v) is 6.87. The van der Waals surface area contributed by atoms with E-state index in [1.165, 1.54) is 38.1 Å². The van der Waals surface area contributed by atoms with Crippen molar-refractivity contribution in [3.8, 4) is 0 Å². The van der Waals surface area contributed by atoms with E-state index in [9.17, 15) is 13.2 Å². The molecular weight excluding hydrogens is 358 g/mol. The van der Waals surface area contributed by atoms with E-state index in [1.54, 1.807) is 0 Å². The zero-order chi connectivity index (χ0) is 18.5. The van der Waals surface area contributed by atoms with Crippen molar-refractivity contribution in [2.75, 3.05) is 11.9 Å². The highest BCUT2D eigenvalue weighted by atomic mass is 35.5. The lowest BCUT2D eigenvalue weighted by Gasteiger charge is -2.23. The molecule has 0 amide bonds. The van der Waals surface area contributed by atoms with Gasteiger partial charge in [-0.3, -0.25) is 4.79 Å². The van der Waals surface area contributed by atoms with Crippen LogP contribution < -0.4 is 5.32 Å². The lowest BCUT2D eigenvalue weighted by molar-refractivity contribution is -0.120. The van der Waals surface area contributed by atoms with Crippen molar-refractivity contribution in [3.05, 3.63) is 59.6 Å². The molecule has 0 saturated heterocycles. The van der Waals surface area contributed by atoms with Gasteiger partial charge < -0.3 is 5.32 Å². The third kappa shape index (κ3) is 4.61. The number of anilines is 1. The minimum absolute atomic E-state index is 0.109. The van der Waals surface area contributed by atoms with Gasteiger partial charge in [-0.25, -0.2) is 8.42 Å². The van der Waals surface area contributed by atoms with E-state index in [1.807, 2.05) is 30.3 Å². The van der Waals surface area contributed by atoms with Crippen molar-refractivity contribution in [1.29, 1.82) is 0 Å². The van der Waals surface area contributed by atoms with Crippen LogP contribution in [0.4, 0.5) is 5.69 Å². The normalized spacial score (nSPS) is 12.0. The maximum absolute atomic E-state index is 12.8. The molecule has 0 atom stereocenters. The molecule has 0 aliphatic carbocycles. The Balaban J connectivity index is 1.98. The van der Waals surface area contributed by atoms with E-state index >= 15 is 0 Å². The highest BCUT2D eigenvalue weighted by Gasteiger charge is 2.41. The third-order valence-electron chi connectivity index (χ3n) is 4.15. The van der Waals surface area contributed by atoms with Crippen LogP contribution in [-0.2, 0) is 14.6 Å². The molecule has 0 heterocycles. The van der Waals surface area contributed by atoms with Crippen molar-refractivity contribution in [2.24, 2.45) is 0 Å². The van der Waals surface area contributed by atoms with Crippen molar-refractivity contribution < 1.29 is 13.2 Å². The first-order valence-electron chi connectivity index (χ1n) is 8.07. The van der Waals surface area contributed by atoms with Gasteiger partial charge in [0.05, 0.1) is 4.90 Å². The van der Waals surface area contributed by atoms with Crippen LogP contribution in [0.5, 0.6) is 0 Å². The summed E-state index contributed by atoms with van der Waals surface area (Å²) in [6.07, 6.45) is 0.757. The van der Waals surface area contributed by atoms with Crippen LogP contribution in [0, 0.1) is 0 Å². The van der Waals surface area contributed by atoms with Crippen molar-refractivity contribution in [1.82, 2.24) is 0 Å². The highest BCUT2D eigenvalue weighted by molar-refractivity contribution is 7.93. The minimum Gasteiger partial charge on any atom is -0.385 e. The topological polar surface area (TPSA) is 63.2 Å². The fraction of sp³-hybridized carbons (Fsp3) is 0.316. The average molecular weight is 380 g/mol. The first-order chi connectivity index (χ1) is 11.7. The van der Waals surface area contributed by atoms with Crippen molar-refractivity contribution >= 4 is 32.9 Å². The number of halogens is 1. The average Bonchev–Trinajstić information content (AvgIpc) is 2.59. The smallest absolute Gasteiger partial charge is 0.190 e. The molecule has 25 heavy (non-hydrogen) atoms. The van der Waals surface area contributed by atoms with Crippen LogP contribution in [-0.4, -0.2) is 25.5 Å². The maximum Gasteiger partial charge on any atom is 0.190 e. The Kier molecular flexibility index (Phi) is 6.25. The van der Waals surface area contributed by atoms with Gasteiger partial charge in [0.2, 0.25) is 0 Å². The Bertz CT molecular complexity index is 816. The van der Waals surface area contributed by atoms with Gasteiger partial charge >= 0.3 is 0 Å². The zero-order valence-electron chi connectivity index (χ0n) is 14.3. The number of carbonyl (C=O) groups excluding carboxylic acids is 1.